The quantitative estimate of drug-likeness (QED) is 0.210. The van der Waals surface area contributed by atoms with Crippen LogP contribution >= 0.6 is 15.6 Å². The van der Waals surface area contributed by atoms with E-state index in [1.165, 1.54) is 6.42 Å². The van der Waals surface area contributed by atoms with Gasteiger partial charge in [0.1, 0.15) is 0 Å². The monoisotopic (exact) mass is 456 g/mol. The fourth-order valence-corrected chi connectivity index (χ4v) is 39.8. The van der Waals surface area contributed by atoms with Gasteiger partial charge in [-0.25, -0.2) is 0 Å². The molecule has 0 aliphatic carbocycles. The molecule has 0 amide bonds. The zero-order chi connectivity index (χ0) is 20.6. The van der Waals surface area contributed by atoms with Crippen molar-refractivity contribution in [3.63, 3.8) is 0 Å². The highest BCUT2D eigenvalue weighted by Crippen LogP contribution is 2.65. The summed E-state index contributed by atoms with van der Waals surface area (Å²) >= 11 is 0. The summed E-state index contributed by atoms with van der Waals surface area (Å²) in [6.45, 7) is 28.4. The van der Waals surface area contributed by atoms with Crippen LogP contribution in [0, 0.1) is 0 Å². The van der Waals surface area contributed by atoms with Crippen LogP contribution < -0.4 is 0 Å². The molecule has 4 unspecified atom stereocenters. The minimum atomic E-state index is -2.67. The van der Waals surface area contributed by atoms with Gasteiger partial charge in [0.05, 0.1) is 15.5 Å². The molecule has 158 valence electrons. The van der Waals surface area contributed by atoms with Crippen molar-refractivity contribution in [1.82, 2.24) is 0 Å². The van der Waals surface area contributed by atoms with E-state index in [9.17, 15) is 0 Å². The molecule has 0 aliphatic rings. The molecular formula is C18H46O3P2Si3. The van der Waals surface area contributed by atoms with Gasteiger partial charge >= 0.3 is 8.80 Å². The van der Waals surface area contributed by atoms with Crippen LogP contribution in [0.1, 0.15) is 47.5 Å². The maximum Gasteiger partial charge on any atom is 0.508 e. The third-order valence-corrected chi connectivity index (χ3v) is 28.2. The van der Waals surface area contributed by atoms with Crippen molar-refractivity contribution >= 4 is 39.9 Å². The van der Waals surface area contributed by atoms with Gasteiger partial charge in [-0.3, -0.25) is 0 Å². The molecule has 8 heteroatoms. The van der Waals surface area contributed by atoms with E-state index in [-0.39, 0.29) is 7.47 Å². The topological polar surface area (TPSA) is 27.7 Å². The van der Waals surface area contributed by atoms with E-state index in [1.54, 1.807) is 0 Å². The zero-order valence-corrected chi connectivity index (χ0v) is 24.3. The Morgan fingerprint density at radius 3 is 1.38 bits per heavy atom. The second-order valence-electron chi connectivity index (χ2n) is 8.72. The fourth-order valence-electron chi connectivity index (χ4n) is 3.65. The van der Waals surface area contributed by atoms with E-state index in [4.69, 9.17) is 13.3 Å². The Labute approximate surface area is 170 Å². The Morgan fingerprint density at radius 1 is 0.731 bits per heavy atom. The molecule has 0 aromatic carbocycles. The first kappa shape index (κ1) is 27.4. The summed E-state index contributed by atoms with van der Waals surface area (Å²) in [6.07, 6.45) is 2.42. The molecule has 0 spiro atoms. The molecule has 0 aliphatic heterocycles. The van der Waals surface area contributed by atoms with Gasteiger partial charge in [0.2, 0.25) is 0 Å². The van der Waals surface area contributed by atoms with E-state index < -0.39 is 24.3 Å². The van der Waals surface area contributed by atoms with Crippen molar-refractivity contribution < 1.29 is 13.3 Å². The maximum absolute atomic E-state index is 6.41. The Kier molecular flexibility index (Phi) is 12.8. The van der Waals surface area contributed by atoms with Crippen LogP contribution in [0.25, 0.3) is 0 Å². The van der Waals surface area contributed by atoms with Crippen LogP contribution in [-0.4, -0.2) is 54.8 Å². The lowest BCUT2D eigenvalue weighted by Gasteiger charge is -2.48. The van der Waals surface area contributed by atoms with Gasteiger partial charge in [-0.15, -0.1) is 15.6 Å². The summed E-state index contributed by atoms with van der Waals surface area (Å²) in [5.41, 5.74) is 0. The molecule has 0 fully saturated rings. The summed E-state index contributed by atoms with van der Waals surface area (Å²) in [6, 6.07) is 0. The van der Waals surface area contributed by atoms with Gasteiger partial charge in [0.25, 0.3) is 0 Å². The van der Waals surface area contributed by atoms with Crippen LogP contribution in [0.3, 0.4) is 0 Å². The van der Waals surface area contributed by atoms with Crippen LogP contribution in [-0.2, 0) is 13.3 Å². The van der Waals surface area contributed by atoms with E-state index in [0.717, 1.165) is 19.9 Å². The van der Waals surface area contributed by atoms with E-state index >= 15 is 0 Å². The average Bonchev–Trinajstić information content (AvgIpc) is 2.49. The lowest BCUT2D eigenvalue weighted by atomic mass is 10.6. The molecule has 0 heterocycles. The Balaban J connectivity index is 6.18. The second kappa shape index (κ2) is 12.2. The molecule has 0 aromatic heterocycles. The Morgan fingerprint density at radius 2 is 1.15 bits per heavy atom. The third-order valence-electron chi connectivity index (χ3n) is 4.26. The van der Waals surface area contributed by atoms with Gasteiger partial charge in [0, 0.05) is 25.1 Å². The summed E-state index contributed by atoms with van der Waals surface area (Å²) in [5, 5.41) is 1.33. The lowest BCUT2D eigenvalue weighted by Crippen LogP contribution is -2.58. The van der Waals surface area contributed by atoms with Crippen molar-refractivity contribution in [3.05, 3.63) is 0 Å². The molecule has 0 bridgehead atoms. The van der Waals surface area contributed by atoms with Crippen LogP contribution in [0.5, 0.6) is 0 Å². The molecule has 3 nitrogen and oxygen atoms in total. The first-order chi connectivity index (χ1) is 11.9. The predicted octanol–water partition coefficient (Wildman–Crippen LogP) is 6.92. The Bertz CT molecular complexity index is 370. The SMILES string of the molecule is CCO[Si](OCC)(OCC)C(CC)P(C(CC)P[Si](C)(C)C)[Si](C)(C)C. The average molecular weight is 457 g/mol. The Hall–Kier alpha value is 1.39. The number of hydrogen-bond acceptors (Lipinski definition) is 3. The highest BCUT2D eigenvalue weighted by molar-refractivity contribution is 8.04. The molecule has 0 saturated heterocycles. The van der Waals surface area contributed by atoms with Crippen molar-refractivity contribution in [3.8, 4) is 0 Å². The number of rotatable bonds is 14. The molecule has 0 radical (unpaired) electrons. The highest BCUT2D eigenvalue weighted by atomic mass is 31.4. The van der Waals surface area contributed by atoms with Crippen LogP contribution in [0.15, 0.2) is 0 Å². The molecule has 0 aromatic rings. The van der Waals surface area contributed by atoms with Gasteiger partial charge in [-0.1, -0.05) is 53.1 Å². The molecule has 0 rings (SSSR count). The largest absolute Gasteiger partial charge is 0.508 e. The van der Waals surface area contributed by atoms with Gasteiger partial charge in [-0.05, 0) is 39.0 Å². The zero-order valence-electron chi connectivity index (χ0n) is 19.4. The van der Waals surface area contributed by atoms with Crippen molar-refractivity contribution in [1.29, 1.82) is 0 Å². The molecule has 26 heavy (non-hydrogen) atoms. The van der Waals surface area contributed by atoms with E-state index in [1.807, 2.05) is 0 Å². The normalized spacial score (nSPS) is 17.7. The summed E-state index contributed by atoms with van der Waals surface area (Å²) in [5.74, 6) is 0. The lowest BCUT2D eigenvalue weighted by molar-refractivity contribution is 0.0688. The van der Waals surface area contributed by atoms with E-state index in [0.29, 0.717) is 25.1 Å². The predicted molar refractivity (Wildman–Crippen MR) is 131 cm³/mol. The first-order valence-electron chi connectivity index (χ1n) is 10.4. The number of hydrogen-bond donors (Lipinski definition) is 0. The molecular weight excluding hydrogens is 410 g/mol. The minimum Gasteiger partial charge on any atom is -0.373 e. The second-order valence-corrected chi connectivity index (χ2v) is 35.3. The summed E-state index contributed by atoms with van der Waals surface area (Å²) in [7, 11) is -4.15. The standard InChI is InChI=1S/C18H46O3P2Si3/c1-12-17(22-24(6,7)8)23(25(9,10)11)18(13-2)26(19-14-3,20-15-4)21-16-5/h17-18,22H,12-16H2,1-11H3. The molecule has 4 atom stereocenters. The van der Waals surface area contributed by atoms with Crippen molar-refractivity contribution in [2.75, 3.05) is 19.8 Å². The summed E-state index contributed by atoms with van der Waals surface area (Å²) in [4.78, 5) is 0. The van der Waals surface area contributed by atoms with Crippen LogP contribution in [0.2, 0.25) is 39.3 Å². The fraction of sp³-hybridized carbons (Fsp3) is 1.00. The maximum atomic E-state index is 6.41. The van der Waals surface area contributed by atoms with Crippen molar-refractivity contribution in [2.45, 2.75) is 97.4 Å². The van der Waals surface area contributed by atoms with Gasteiger partial charge < -0.3 is 13.3 Å². The third kappa shape index (κ3) is 8.41. The smallest absolute Gasteiger partial charge is 0.373 e. The van der Waals surface area contributed by atoms with Gasteiger partial charge in [0.15, 0.2) is 0 Å². The highest BCUT2D eigenvalue weighted by Gasteiger charge is 2.55. The van der Waals surface area contributed by atoms with E-state index in [2.05, 4.69) is 73.9 Å². The van der Waals surface area contributed by atoms with Gasteiger partial charge in [-0.2, -0.15) is 0 Å². The first-order valence-corrected chi connectivity index (χ1v) is 23.6. The van der Waals surface area contributed by atoms with Crippen LogP contribution in [0.4, 0.5) is 0 Å². The van der Waals surface area contributed by atoms with Crippen molar-refractivity contribution in [2.24, 2.45) is 0 Å². The molecule has 0 N–H and O–H groups in total. The molecule has 0 saturated carbocycles. The minimum absolute atomic E-state index is 0.143. The summed E-state index contributed by atoms with van der Waals surface area (Å²) < 4.78 is 19.2.